The summed E-state index contributed by atoms with van der Waals surface area (Å²) in [5, 5.41) is 2.81. The van der Waals surface area contributed by atoms with E-state index in [1.54, 1.807) is 7.11 Å². The van der Waals surface area contributed by atoms with Crippen LogP contribution < -0.4 is 20.5 Å². The zero-order chi connectivity index (χ0) is 22.7. The van der Waals surface area contributed by atoms with Crippen LogP contribution in [0.15, 0.2) is 76.4 Å². The Hall–Kier alpha value is -4.05. The van der Waals surface area contributed by atoms with Crippen LogP contribution in [0.5, 0.6) is 5.75 Å². The molecule has 1 aromatic heterocycles. The van der Waals surface area contributed by atoms with Crippen LogP contribution in [-0.2, 0) is 16.6 Å². The van der Waals surface area contributed by atoms with Crippen LogP contribution in [-0.4, -0.2) is 31.4 Å². The molecule has 1 amide bonds. The van der Waals surface area contributed by atoms with Gasteiger partial charge in [-0.05, 0) is 48.5 Å². The van der Waals surface area contributed by atoms with E-state index < -0.39 is 15.7 Å². The van der Waals surface area contributed by atoms with E-state index in [4.69, 9.17) is 4.74 Å². The van der Waals surface area contributed by atoms with Crippen LogP contribution in [0.2, 0.25) is 0 Å². The number of methoxy groups -OCH3 is 1. The minimum atomic E-state index is -3.88. The van der Waals surface area contributed by atoms with Crippen molar-refractivity contribution in [1.82, 2.24) is 15.3 Å². The molecule has 0 aliphatic rings. The molecule has 0 unspecified atom stereocenters. The molecule has 0 fully saturated rings. The topological polar surface area (TPSA) is 133 Å². The summed E-state index contributed by atoms with van der Waals surface area (Å²) in [5.74, 6) is 0.381. The molecule has 164 valence electrons. The van der Waals surface area contributed by atoms with E-state index in [0.717, 1.165) is 5.56 Å². The zero-order valence-corrected chi connectivity index (χ0v) is 17.8. The van der Waals surface area contributed by atoms with Crippen molar-refractivity contribution in [2.24, 2.45) is 0 Å². The molecular formula is C22H20N4O5S. The quantitative estimate of drug-likeness (QED) is 0.342. The Morgan fingerprint density at radius 1 is 0.969 bits per heavy atom. The third-order valence-corrected chi connectivity index (χ3v) is 6.21. The Bertz CT molecular complexity index is 1440. The molecule has 0 radical (unpaired) electrons. The minimum Gasteiger partial charge on any atom is -0.496 e. The van der Waals surface area contributed by atoms with Crippen molar-refractivity contribution in [3.05, 3.63) is 88.3 Å². The van der Waals surface area contributed by atoms with E-state index in [-0.39, 0.29) is 10.8 Å². The number of ether oxygens (including phenoxy) is 1. The summed E-state index contributed by atoms with van der Waals surface area (Å²) >= 11 is 0. The molecule has 0 aliphatic carbocycles. The number of H-pyrrole nitrogens is 2. The lowest BCUT2D eigenvalue weighted by Gasteiger charge is -2.11. The maximum Gasteiger partial charge on any atom is 0.323 e. The monoisotopic (exact) mass is 452 g/mol. The second-order valence-corrected chi connectivity index (χ2v) is 8.65. The van der Waals surface area contributed by atoms with Gasteiger partial charge in [-0.1, -0.05) is 18.2 Å². The van der Waals surface area contributed by atoms with Gasteiger partial charge >= 0.3 is 5.69 Å². The van der Waals surface area contributed by atoms with Crippen molar-refractivity contribution in [1.29, 1.82) is 0 Å². The molecule has 3 aromatic carbocycles. The molecule has 4 aromatic rings. The fourth-order valence-corrected chi connectivity index (χ4v) is 4.29. The van der Waals surface area contributed by atoms with Gasteiger partial charge in [0.15, 0.2) is 0 Å². The normalized spacial score (nSPS) is 11.3. The molecular weight excluding hydrogens is 432 g/mol. The Balaban J connectivity index is 1.44. The summed E-state index contributed by atoms with van der Waals surface area (Å²) in [6.45, 7) is 0.293. The van der Waals surface area contributed by atoms with Gasteiger partial charge in [0, 0.05) is 23.4 Å². The van der Waals surface area contributed by atoms with E-state index in [1.165, 1.54) is 42.5 Å². The summed E-state index contributed by atoms with van der Waals surface area (Å²) in [7, 11) is -2.32. The number of carbonyl (C=O) groups excluding carboxylic acids is 1. The highest BCUT2D eigenvalue weighted by molar-refractivity contribution is 7.92. The van der Waals surface area contributed by atoms with Crippen LogP contribution in [0, 0.1) is 0 Å². The van der Waals surface area contributed by atoms with Crippen molar-refractivity contribution in [2.75, 3.05) is 11.8 Å². The van der Waals surface area contributed by atoms with Crippen molar-refractivity contribution in [2.45, 2.75) is 11.4 Å². The molecule has 0 aliphatic heterocycles. The van der Waals surface area contributed by atoms with Gasteiger partial charge in [-0.25, -0.2) is 13.2 Å². The lowest BCUT2D eigenvalue weighted by Crippen LogP contribution is -2.23. The van der Waals surface area contributed by atoms with Gasteiger partial charge in [0.25, 0.3) is 15.9 Å². The average molecular weight is 452 g/mol. The Morgan fingerprint density at radius 2 is 1.69 bits per heavy atom. The molecule has 0 spiro atoms. The van der Waals surface area contributed by atoms with Crippen LogP contribution in [0.3, 0.4) is 0 Å². The highest BCUT2D eigenvalue weighted by Crippen LogP contribution is 2.20. The van der Waals surface area contributed by atoms with Crippen LogP contribution in [0.4, 0.5) is 5.69 Å². The molecule has 0 saturated carbocycles. The van der Waals surface area contributed by atoms with Crippen molar-refractivity contribution in [3.63, 3.8) is 0 Å². The van der Waals surface area contributed by atoms with Gasteiger partial charge < -0.3 is 20.0 Å². The first-order valence-corrected chi connectivity index (χ1v) is 11.1. The SMILES string of the molecule is COc1ccccc1CNC(=O)c1ccc(NS(=O)(=O)c2ccc3[nH]c(=O)[nH]c3c2)cc1. The second-order valence-electron chi connectivity index (χ2n) is 6.96. The number of benzene rings is 3. The number of sulfonamides is 1. The van der Waals surface area contributed by atoms with Gasteiger partial charge in [-0.3, -0.25) is 9.52 Å². The number of aromatic amines is 2. The lowest BCUT2D eigenvalue weighted by molar-refractivity contribution is 0.0950. The van der Waals surface area contributed by atoms with Crippen LogP contribution in [0.25, 0.3) is 11.0 Å². The first-order chi connectivity index (χ1) is 15.4. The maximum absolute atomic E-state index is 12.7. The third-order valence-electron chi connectivity index (χ3n) is 4.83. The summed E-state index contributed by atoms with van der Waals surface area (Å²) in [6, 6.07) is 17.7. The standard InChI is InChI=1S/C22H20N4O5S/c1-31-20-5-3-2-4-15(20)13-23-21(27)14-6-8-16(9-7-14)26-32(29,30)17-10-11-18-19(12-17)25-22(28)24-18/h2-12,26H,13H2,1H3,(H,23,27)(H2,24,25,28). The smallest absolute Gasteiger partial charge is 0.323 e. The molecule has 1 heterocycles. The number of carbonyl (C=O) groups is 1. The van der Waals surface area contributed by atoms with Crippen LogP contribution in [0.1, 0.15) is 15.9 Å². The number of aromatic nitrogens is 2. The molecule has 0 saturated heterocycles. The number of nitrogens with one attached hydrogen (secondary N) is 4. The van der Waals surface area contributed by atoms with E-state index >= 15 is 0 Å². The van der Waals surface area contributed by atoms with E-state index in [9.17, 15) is 18.0 Å². The molecule has 4 N–H and O–H groups in total. The first-order valence-electron chi connectivity index (χ1n) is 9.61. The van der Waals surface area contributed by atoms with E-state index in [2.05, 4.69) is 20.0 Å². The van der Waals surface area contributed by atoms with E-state index in [0.29, 0.717) is 34.6 Å². The number of imidazole rings is 1. The molecule has 10 heteroatoms. The number of hydrogen-bond acceptors (Lipinski definition) is 5. The Kier molecular flexibility index (Phi) is 5.69. The Labute approximate surface area is 183 Å². The highest BCUT2D eigenvalue weighted by atomic mass is 32.2. The third kappa shape index (κ3) is 4.49. The van der Waals surface area contributed by atoms with Gasteiger partial charge in [0.1, 0.15) is 5.75 Å². The number of para-hydroxylation sites is 1. The maximum atomic E-state index is 12.7. The fourth-order valence-electron chi connectivity index (χ4n) is 3.21. The predicted octanol–water partition coefficient (Wildman–Crippen LogP) is 2.60. The van der Waals surface area contributed by atoms with E-state index in [1.807, 2.05) is 24.3 Å². The lowest BCUT2D eigenvalue weighted by atomic mass is 10.1. The van der Waals surface area contributed by atoms with Crippen molar-refractivity contribution < 1.29 is 17.9 Å². The average Bonchev–Trinajstić information content (AvgIpc) is 3.17. The van der Waals surface area contributed by atoms with Crippen molar-refractivity contribution in [3.8, 4) is 5.75 Å². The number of fused-ring (bicyclic) bond motifs is 1. The van der Waals surface area contributed by atoms with Gasteiger partial charge in [0.2, 0.25) is 0 Å². The molecule has 32 heavy (non-hydrogen) atoms. The van der Waals surface area contributed by atoms with Crippen molar-refractivity contribution >= 4 is 32.7 Å². The summed E-state index contributed by atoms with van der Waals surface area (Å²) < 4.78 is 33.1. The molecule has 0 bridgehead atoms. The predicted molar refractivity (Wildman–Crippen MR) is 120 cm³/mol. The van der Waals surface area contributed by atoms with Gasteiger partial charge in [0.05, 0.1) is 23.0 Å². The van der Waals surface area contributed by atoms with Gasteiger partial charge in [-0.2, -0.15) is 0 Å². The molecule has 9 nitrogen and oxygen atoms in total. The number of amides is 1. The summed E-state index contributed by atoms with van der Waals surface area (Å²) in [6.07, 6.45) is 0. The number of rotatable bonds is 7. The number of anilines is 1. The molecule has 0 atom stereocenters. The molecule has 4 rings (SSSR count). The van der Waals surface area contributed by atoms with Crippen LogP contribution >= 0.6 is 0 Å². The van der Waals surface area contributed by atoms with Gasteiger partial charge in [-0.15, -0.1) is 0 Å². The first kappa shape index (κ1) is 21.2. The fraction of sp³-hybridized carbons (Fsp3) is 0.0909. The minimum absolute atomic E-state index is 0.00104. The Morgan fingerprint density at radius 3 is 2.44 bits per heavy atom. The largest absolute Gasteiger partial charge is 0.496 e. The number of hydrogen-bond donors (Lipinski definition) is 4. The second kappa shape index (κ2) is 8.60. The highest BCUT2D eigenvalue weighted by Gasteiger charge is 2.16. The summed E-state index contributed by atoms with van der Waals surface area (Å²) in [5.41, 5.74) is 2.01. The zero-order valence-electron chi connectivity index (χ0n) is 17.0. The summed E-state index contributed by atoms with van der Waals surface area (Å²) in [4.78, 5) is 28.9.